The number of aryl methyl sites for hydroxylation is 1. The van der Waals surface area contributed by atoms with Crippen molar-refractivity contribution in [2.75, 3.05) is 23.8 Å². The number of carbonyl (C=O) groups excluding carboxylic acids is 1. The molecular weight excluding hydrogens is 334 g/mol. The van der Waals surface area contributed by atoms with Crippen molar-refractivity contribution in [3.05, 3.63) is 29.1 Å². The number of rotatable bonds is 7. The predicted molar refractivity (Wildman–Crippen MR) is 98.5 cm³/mol. The monoisotopic (exact) mass is 357 g/mol. The van der Waals surface area contributed by atoms with E-state index in [9.17, 15) is 4.79 Å². The highest BCUT2D eigenvalue weighted by Gasteiger charge is 2.27. The van der Waals surface area contributed by atoms with Crippen molar-refractivity contribution in [1.82, 2.24) is 20.4 Å². The lowest BCUT2D eigenvalue weighted by Crippen LogP contribution is -2.20. The fourth-order valence-corrected chi connectivity index (χ4v) is 2.75. The molecule has 0 saturated carbocycles. The van der Waals surface area contributed by atoms with E-state index in [0.29, 0.717) is 23.9 Å². The smallest absolute Gasteiger partial charge is 0.278 e. The van der Waals surface area contributed by atoms with Crippen LogP contribution in [0.3, 0.4) is 0 Å². The van der Waals surface area contributed by atoms with Crippen molar-refractivity contribution in [3.63, 3.8) is 0 Å². The summed E-state index contributed by atoms with van der Waals surface area (Å²) in [5, 5.41) is 25.2. The number of fused-ring (bicyclic) bond motifs is 1. The van der Waals surface area contributed by atoms with Crippen LogP contribution in [0.1, 0.15) is 54.9 Å². The summed E-state index contributed by atoms with van der Waals surface area (Å²) in [5.41, 5.74) is 2.69. The highest BCUT2D eigenvalue weighted by atomic mass is 16.6. The third-order valence-corrected chi connectivity index (χ3v) is 3.95. The SMILES string of the molecule is CCCNc1ccc(NC(=O)c2n[nH]c3c2/C(=N/OCC)CCC3)nn1. The first-order valence-corrected chi connectivity index (χ1v) is 8.88. The summed E-state index contributed by atoms with van der Waals surface area (Å²) in [7, 11) is 0. The van der Waals surface area contributed by atoms with Crippen molar-refractivity contribution in [2.24, 2.45) is 5.16 Å². The van der Waals surface area contributed by atoms with Gasteiger partial charge in [0.05, 0.1) is 11.3 Å². The predicted octanol–water partition coefficient (Wildman–Crippen LogP) is 2.35. The fraction of sp³-hybridized carbons (Fsp3) is 0.471. The molecule has 1 aliphatic rings. The van der Waals surface area contributed by atoms with E-state index in [1.807, 2.05) is 6.92 Å². The van der Waals surface area contributed by atoms with Gasteiger partial charge >= 0.3 is 0 Å². The van der Waals surface area contributed by atoms with E-state index in [1.54, 1.807) is 12.1 Å². The molecule has 0 radical (unpaired) electrons. The van der Waals surface area contributed by atoms with Gasteiger partial charge in [-0.25, -0.2) is 0 Å². The minimum absolute atomic E-state index is 0.299. The maximum atomic E-state index is 12.7. The van der Waals surface area contributed by atoms with Crippen LogP contribution >= 0.6 is 0 Å². The largest absolute Gasteiger partial charge is 0.396 e. The molecule has 3 rings (SSSR count). The highest BCUT2D eigenvalue weighted by Crippen LogP contribution is 2.24. The van der Waals surface area contributed by atoms with Gasteiger partial charge in [0, 0.05) is 12.2 Å². The number of H-pyrrole nitrogens is 1. The van der Waals surface area contributed by atoms with Gasteiger partial charge in [0.2, 0.25) is 0 Å². The lowest BCUT2D eigenvalue weighted by Gasteiger charge is -2.14. The van der Waals surface area contributed by atoms with E-state index in [-0.39, 0.29) is 5.91 Å². The summed E-state index contributed by atoms with van der Waals surface area (Å²) in [6, 6.07) is 3.48. The Morgan fingerprint density at radius 2 is 2.08 bits per heavy atom. The van der Waals surface area contributed by atoms with Crippen LogP contribution in [0.15, 0.2) is 17.3 Å². The standard InChI is InChI=1S/C17H23N7O2/c1-3-10-18-13-8-9-14(22-21-13)19-17(25)16-15-11(20-23-16)6-5-7-12(15)24-26-4-2/h8-9H,3-7,10H2,1-2H3,(H,18,21)(H,20,23)(H,19,22,25)/b24-12+. The Kier molecular flexibility index (Phi) is 5.77. The Balaban J connectivity index is 1.76. The number of aromatic nitrogens is 4. The first kappa shape index (κ1) is 17.8. The van der Waals surface area contributed by atoms with Crippen LogP contribution in [0.2, 0.25) is 0 Å². The quantitative estimate of drug-likeness (QED) is 0.655. The maximum absolute atomic E-state index is 12.7. The number of carbonyl (C=O) groups is 1. The molecule has 2 aromatic heterocycles. The fourth-order valence-electron chi connectivity index (χ4n) is 2.75. The Bertz CT molecular complexity index is 783. The van der Waals surface area contributed by atoms with Gasteiger partial charge < -0.3 is 15.5 Å². The zero-order valence-corrected chi connectivity index (χ0v) is 15.0. The second kappa shape index (κ2) is 8.41. The molecule has 26 heavy (non-hydrogen) atoms. The van der Waals surface area contributed by atoms with Gasteiger partial charge in [0.15, 0.2) is 11.5 Å². The van der Waals surface area contributed by atoms with Crippen LogP contribution in [0.4, 0.5) is 11.6 Å². The van der Waals surface area contributed by atoms with Gasteiger partial charge in [-0.1, -0.05) is 12.1 Å². The molecule has 2 aromatic rings. The van der Waals surface area contributed by atoms with Gasteiger partial charge in [0.1, 0.15) is 12.4 Å². The second-order valence-corrected chi connectivity index (χ2v) is 5.92. The minimum atomic E-state index is -0.350. The maximum Gasteiger partial charge on any atom is 0.278 e. The second-order valence-electron chi connectivity index (χ2n) is 5.92. The number of hydrogen-bond acceptors (Lipinski definition) is 7. The van der Waals surface area contributed by atoms with E-state index in [4.69, 9.17) is 4.84 Å². The summed E-state index contributed by atoms with van der Waals surface area (Å²) >= 11 is 0. The van der Waals surface area contributed by atoms with E-state index in [2.05, 4.69) is 43.1 Å². The molecule has 138 valence electrons. The molecule has 0 bridgehead atoms. The van der Waals surface area contributed by atoms with Gasteiger partial charge in [-0.3, -0.25) is 9.89 Å². The average Bonchev–Trinajstić information content (AvgIpc) is 3.10. The molecule has 0 aromatic carbocycles. The molecule has 9 heteroatoms. The van der Waals surface area contributed by atoms with Gasteiger partial charge in [-0.05, 0) is 44.7 Å². The molecule has 1 aliphatic carbocycles. The number of nitrogens with zero attached hydrogens (tertiary/aromatic N) is 4. The molecule has 0 atom stereocenters. The van der Waals surface area contributed by atoms with Crippen molar-refractivity contribution in [2.45, 2.75) is 39.5 Å². The zero-order valence-electron chi connectivity index (χ0n) is 15.0. The van der Waals surface area contributed by atoms with E-state index in [1.165, 1.54) is 0 Å². The molecule has 0 fully saturated rings. The third kappa shape index (κ3) is 3.98. The number of nitrogens with one attached hydrogen (secondary N) is 3. The molecular formula is C17H23N7O2. The van der Waals surface area contributed by atoms with Crippen LogP contribution in [0, 0.1) is 0 Å². The van der Waals surface area contributed by atoms with Gasteiger partial charge in [-0.2, -0.15) is 5.10 Å². The molecule has 1 amide bonds. The first-order chi connectivity index (χ1) is 12.7. The van der Waals surface area contributed by atoms with Gasteiger partial charge in [-0.15, -0.1) is 10.2 Å². The molecule has 0 spiro atoms. The van der Waals surface area contributed by atoms with Crippen LogP contribution < -0.4 is 10.6 Å². The van der Waals surface area contributed by atoms with Crippen LogP contribution in [-0.4, -0.2) is 45.2 Å². The molecule has 0 saturated heterocycles. The Morgan fingerprint density at radius 1 is 1.27 bits per heavy atom. The molecule has 3 N–H and O–H groups in total. The molecule has 9 nitrogen and oxygen atoms in total. The normalized spacial score (nSPS) is 14.8. The lowest BCUT2D eigenvalue weighted by atomic mass is 9.93. The zero-order chi connectivity index (χ0) is 18.4. The van der Waals surface area contributed by atoms with Crippen molar-refractivity contribution >= 4 is 23.3 Å². The van der Waals surface area contributed by atoms with Crippen LogP contribution in [0.25, 0.3) is 0 Å². The van der Waals surface area contributed by atoms with Crippen molar-refractivity contribution in [1.29, 1.82) is 0 Å². The number of amides is 1. The number of anilines is 2. The molecule has 0 aliphatic heterocycles. The summed E-state index contributed by atoms with van der Waals surface area (Å²) in [4.78, 5) is 17.8. The Morgan fingerprint density at radius 3 is 2.81 bits per heavy atom. The summed E-state index contributed by atoms with van der Waals surface area (Å²) in [6.45, 7) is 5.24. The Labute approximate surface area is 151 Å². The molecule has 2 heterocycles. The Hall–Kier alpha value is -2.97. The summed E-state index contributed by atoms with van der Waals surface area (Å²) < 4.78 is 0. The lowest BCUT2D eigenvalue weighted by molar-refractivity contribution is 0.102. The topological polar surface area (TPSA) is 117 Å². The molecule has 0 unspecified atom stereocenters. The number of oxime groups is 1. The van der Waals surface area contributed by atoms with Crippen molar-refractivity contribution in [3.8, 4) is 0 Å². The van der Waals surface area contributed by atoms with E-state index < -0.39 is 0 Å². The summed E-state index contributed by atoms with van der Waals surface area (Å²) in [5.74, 6) is 0.693. The minimum Gasteiger partial charge on any atom is -0.396 e. The summed E-state index contributed by atoms with van der Waals surface area (Å²) in [6.07, 6.45) is 3.53. The van der Waals surface area contributed by atoms with Gasteiger partial charge in [0.25, 0.3) is 5.91 Å². The van der Waals surface area contributed by atoms with E-state index in [0.717, 1.165) is 49.2 Å². The average molecular weight is 357 g/mol. The number of hydrogen-bond donors (Lipinski definition) is 3. The van der Waals surface area contributed by atoms with Crippen LogP contribution in [-0.2, 0) is 11.3 Å². The van der Waals surface area contributed by atoms with E-state index >= 15 is 0 Å². The van der Waals surface area contributed by atoms with Crippen LogP contribution in [0.5, 0.6) is 0 Å². The third-order valence-electron chi connectivity index (χ3n) is 3.95. The van der Waals surface area contributed by atoms with Crippen molar-refractivity contribution < 1.29 is 9.63 Å². The number of aromatic amines is 1. The highest BCUT2D eigenvalue weighted by molar-refractivity contribution is 6.13. The first-order valence-electron chi connectivity index (χ1n) is 8.88.